The maximum Gasteiger partial charge on any atom is 0.266 e. The van der Waals surface area contributed by atoms with Gasteiger partial charge >= 0.3 is 0 Å². The van der Waals surface area contributed by atoms with Gasteiger partial charge in [-0.1, -0.05) is 0 Å². The van der Waals surface area contributed by atoms with Gasteiger partial charge in [0, 0.05) is 19.2 Å². The lowest BCUT2D eigenvalue weighted by Gasteiger charge is -2.37. The van der Waals surface area contributed by atoms with Crippen molar-refractivity contribution in [2.24, 2.45) is 5.92 Å². The van der Waals surface area contributed by atoms with E-state index in [0.29, 0.717) is 6.54 Å². The molecule has 2 heterocycles. The molecular weight excluding hydrogens is 236 g/mol. The number of aliphatic hydroxyl groups excluding tert-OH is 1. The minimum absolute atomic E-state index is 0.0654. The van der Waals surface area contributed by atoms with Gasteiger partial charge in [0.1, 0.15) is 4.88 Å². The van der Waals surface area contributed by atoms with Crippen LogP contribution in [0, 0.1) is 12.8 Å². The summed E-state index contributed by atoms with van der Waals surface area (Å²) < 4.78 is 0. The van der Waals surface area contributed by atoms with Crippen molar-refractivity contribution in [3.63, 3.8) is 0 Å². The minimum atomic E-state index is 0.0654. The van der Waals surface area contributed by atoms with Crippen LogP contribution >= 0.6 is 11.3 Å². The number of thiazole rings is 1. The Bertz CT molecular complexity index is 405. The molecule has 1 aromatic rings. The molecule has 5 heteroatoms. The molecule has 0 aliphatic carbocycles. The molecule has 94 valence electrons. The minimum Gasteiger partial charge on any atom is -0.396 e. The lowest BCUT2D eigenvalue weighted by Crippen LogP contribution is -2.46. The number of carbonyl (C=O) groups is 1. The molecule has 0 bridgehead atoms. The number of aryl methyl sites for hydroxylation is 1. The quantitative estimate of drug-likeness (QED) is 0.873. The zero-order valence-electron chi connectivity index (χ0n) is 10.2. The van der Waals surface area contributed by atoms with E-state index in [2.05, 4.69) is 11.9 Å². The van der Waals surface area contributed by atoms with Crippen LogP contribution in [0.15, 0.2) is 5.51 Å². The molecule has 2 unspecified atom stereocenters. The van der Waals surface area contributed by atoms with Crippen LogP contribution in [0.3, 0.4) is 0 Å². The van der Waals surface area contributed by atoms with E-state index in [1.165, 1.54) is 11.3 Å². The van der Waals surface area contributed by atoms with Gasteiger partial charge < -0.3 is 10.0 Å². The summed E-state index contributed by atoms with van der Waals surface area (Å²) in [5.41, 5.74) is 2.51. The molecule has 4 nitrogen and oxygen atoms in total. The Balaban J connectivity index is 2.15. The number of hydrogen-bond acceptors (Lipinski definition) is 4. The fourth-order valence-corrected chi connectivity index (χ4v) is 3.01. The van der Waals surface area contributed by atoms with Crippen molar-refractivity contribution in [1.82, 2.24) is 9.88 Å². The first-order valence-corrected chi connectivity index (χ1v) is 6.83. The fraction of sp³-hybridized carbons (Fsp3) is 0.667. The molecular formula is C12H18N2O2S. The summed E-state index contributed by atoms with van der Waals surface area (Å²) in [4.78, 5) is 19.1. The molecule has 2 atom stereocenters. The first-order valence-electron chi connectivity index (χ1n) is 5.95. The van der Waals surface area contributed by atoms with Gasteiger partial charge in [-0.2, -0.15) is 0 Å². The number of carbonyl (C=O) groups excluding carboxylic acids is 1. The number of likely N-dealkylation sites (tertiary alicyclic amines) is 1. The van der Waals surface area contributed by atoms with E-state index in [1.807, 2.05) is 11.8 Å². The van der Waals surface area contributed by atoms with E-state index < -0.39 is 0 Å². The zero-order chi connectivity index (χ0) is 12.4. The van der Waals surface area contributed by atoms with Gasteiger partial charge in [-0.15, -0.1) is 11.3 Å². The molecule has 2 rings (SSSR count). The van der Waals surface area contributed by atoms with E-state index in [4.69, 9.17) is 0 Å². The Labute approximate surface area is 105 Å². The number of hydrogen-bond donors (Lipinski definition) is 1. The molecule has 1 aliphatic heterocycles. The van der Waals surface area contributed by atoms with Crippen LogP contribution in [0.1, 0.15) is 35.1 Å². The summed E-state index contributed by atoms with van der Waals surface area (Å²) in [6, 6.07) is 0.256. The molecule has 1 fully saturated rings. The first kappa shape index (κ1) is 12.5. The van der Waals surface area contributed by atoms with Crippen molar-refractivity contribution >= 4 is 17.2 Å². The SMILES string of the molecule is Cc1ncsc1C(=O)N1CC(CO)CCC1C. The number of piperidine rings is 1. The monoisotopic (exact) mass is 254 g/mol. The number of nitrogens with zero attached hydrogens (tertiary/aromatic N) is 2. The van der Waals surface area contributed by atoms with Gasteiger partial charge in [-0.25, -0.2) is 4.98 Å². The molecule has 0 aromatic carbocycles. The van der Waals surface area contributed by atoms with Crippen LogP contribution in [0.5, 0.6) is 0 Å². The van der Waals surface area contributed by atoms with Gasteiger partial charge in [-0.05, 0) is 32.6 Å². The highest BCUT2D eigenvalue weighted by Crippen LogP contribution is 2.25. The van der Waals surface area contributed by atoms with Crippen LogP contribution in [0.4, 0.5) is 0 Å². The average molecular weight is 254 g/mol. The second-order valence-corrected chi connectivity index (χ2v) is 5.55. The van der Waals surface area contributed by atoms with Gasteiger partial charge in [-0.3, -0.25) is 4.79 Å². The fourth-order valence-electron chi connectivity index (χ4n) is 2.25. The molecule has 0 saturated carbocycles. The zero-order valence-corrected chi connectivity index (χ0v) is 11.0. The number of aromatic nitrogens is 1. The Hall–Kier alpha value is -0.940. The van der Waals surface area contributed by atoms with Gasteiger partial charge in [0.05, 0.1) is 11.2 Å². The molecule has 1 aliphatic rings. The third kappa shape index (κ3) is 2.50. The summed E-state index contributed by atoms with van der Waals surface area (Å²) in [5, 5.41) is 9.21. The predicted octanol–water partition coefficient (Wildman–Crippen LogP) is 1.68. The molecule has 1 amide bonds. The largest absolute Gasteiger partial charge is 0.396 e. The molecule has 0 spiro atoms. The first-order chi connectivity index (χ1) is 8.13. The van der Waals surface area contributed by atoms with Gasteiger partial charge in [0.25, 0.3) is 5.91 Å². The van der Waals surface area contributed by atoms with E-state index in [9.17, 15) is 9.90 Å². The average Bonchev–Trinajstić information content (AvgIpc) is 2.75. The van der Waals surface area contributed by atoms with Crippen molar-refractivity contribution in [2.75, 3.05) is 13.2 Å². The Morgan fingerprint density at radius 3 is 3.00 bits per heavy atom. The van der Waals surface area contributed by atoms with E-state index >= 15 is 0 Å². The van der Waals surface area contributed by atoms with Gasteiger partial charge in [0.15, 0.2) is 0 Å². The topological polar surface area (TPSA) is 53.4 Å². The van der Waals surface area contributed by atoms with Crippen LogP contribution in [-0.2, 0) is 0 Å². The lowest BCUT2D eigenvalue weighted by atomic mass is 9.94. The highest BCUT2D eigenvalue weighted by molar-refractivity contribution is 7.11. The molecule has 1 N–H and O–H groups in total. The second kappa shape index (κ2) is 5.14. The van der Waals surface area contributed by atoms with Crippen molar-refractivity contribution in [3.05, 3.63) is 16.1 Å². The Morgan fingerprint density at radius 1 is 1.65 bits per heavy atom. The smallest absolute Gasteiger partial charge is 0.266 e. The Kier molecular flexibility index (Phi) is 3.79. The predicted molar refractivity (Wildman–Crippen MR) is 67.2 cm³/mol. The normalized spacial score (nSPS) is 25.0. The van der Waals surface area contributed by atoms with Crippen LogP contribution in [-0.4, -0.2) is 40.1 Å². The third-order valence-electron chi connectivity index (χ3n) is 3.44. The Morgan fingerprint density at radius 2 is 2.41 bits per heavy atom. The van der Waals surface area contributed by atoms with Crippen LogP contribution in [0.25, 0.3) is 0 Å². The highest BCUT2D eigenvalue weighted by Gasteiger charge is 2.30. The summed E-state index contributed by atoms with van der Waals surface area (Å²) >= 11 is 1.40. The van der Waals surface area contributed by atoms with Crippen molar-refractivity contribution in [3.8, 4) is 0 Å². The summed E-state index contributed by atoms with van der Waals surface area (Å²) in [5.74, 6) is 0.291. The van der Waals surface area contributed by atoms with Gasteiger partial charge in [0.2, 0.25) is 0 Å². The van der Waals surface area contributed by atoms with E-state index in [-0.39, 0.29) is 24.5 Å². The number of amides is 1. The molecule has 1 saturated heterocycles. The number of aliphatic hydroxyl groups is 1. The van der Waals surface area contributed by atoms with Crippen molar-refractivity contribution < 1.29 is 9.90 Å². The number of rotatable bonds is 2. The van der Waals surface area contributed by atoms with E-state index in [1.54, 1.807) is 5.51 Å². The molecule has 17 heavy (non-hydrogen) atoms. The van der Waals surface area contributed by atoms with Crippen molar-refractivity contribution in [1.29, 1.82) is 0 Å². The summed E-state index contributed by atoms with van der Waals surface area (Å²) in [6.07, 6.45) is 1.97. The van der Waals surface area contributed by atoms with Crippen molar-refractivity contribution in [2.45, 2.75) is 32.7 Å². The highest BCUT2D eigenvalue weighted by atomic mass is 32.1. The van der Waals surface area contributed by atoms with Crippen LogP contribution in [0.2, 0.25) is 0 Å². The standard InChI is InChI=1S/C12H18N2O2S/c1-8-3-4-10(6-15)5-14(8)12(16)11-9(2)13-7-17-11/h7-8,10,15H,3-6H2,1-2H3. The lowest BCUT2D eigenvalue weighted by molar-refractivity contribution is 0.0492. The molecule has 1 aromatic heterocycles. The maximum atomic E-state index is 12.4. The third-order valence-corrected chi connectivity index (χ3v) is 4.36. The molecule has 0 radical (unpaired) electrons. The second-order valence-electron chi connectivity index (χ2n) is 4.70. The summed E-state index contributed by atoms with van der Waals surface area (Å²) in [6.45, 7) is 4.76. The summed E-state index contributed by atoms with van der Waals surface area (Å²) in [7, 11) is 0. The maximum absolute atomic E-state index is 12.4. The van der Waals surface area contributed by atoms with E-state index in [0.717, 1.165) is 23.4 Å². The van der Waals surface area contributed by atoms with Crippen LogP contribution < -0.4 is 0 Å².